The largest absolute Gasteiger partial charge is 0.397 e. The van der Waals surface area contributed by atoms with Gasteiger partial charge >= 0.3 is 0 Å². The van der Waals surface area contributed by atoms with E-state index >= 15 is 0 Å². The first-order chi connectivity index (χ1) is 8.06. The molecule has 0 unspecified atom stereocenters. The zero-order valence-corrected chi connectivity index (χ0v) is 11.6. The average Bonchev–Trinajstić information content (AvgIpc) is 2.25. The molecule has 0 saturated heterocycles. The van der Waals surface area contributed by atoms with Crippen molar-refractivity contribution in [3.63, 3.8) is 0 Å². The third-order valence-electron chi connectivity index (χ3n) is 2.41. The summed E-state index contributed by atoms with van der Waals surface area (Å²) in [6.07, 6.45) is 0. The first kappa shape index (κ1) is 12.3. The van der Waals surface area contributed by atoms with Crippen molar-refractivity contribution in [3.8, 4) is 0 Å². The summed E-state index contributed by atoms with van der Waals surface area (Å²) in [5, 5.41) is 3.90. The first-order valence-electron chi connectivity index (χ1n) is 5.14. The fourth-order valence-corrected chi connectivity index (χ4v) is 2.18. The van der Waals surface area contributed by atoms with E-state index in [0.29, 0.717) is 10.7 Å². The topological polar surface area (TPSA) is 38.0 Å². The molecule has 0 aliphatic rings. The molecule has 4 heteroatoms. The van der Waals surface area contributed by atoms with Gasteiger partial charge in [0, 0.05) is 4.47 Å². The molecular formula is C13H12BrClN2. The highest BCUT2D eigenvalue weighted by Crippen LogP contribution is 2.30. The van der Waals surface area contributed by atoms with Crippen LogP contribution in [0.4, 0.5) is 17.1 Å². The van der Waals surface area contributed by atoms with Crippen molar-refractivity contribution in [2.24, 2.45) is 0 Å². The van der Waals surface area contributed by atoms with Gasteiger partial charge in [-0.15, -0.1) is 0 Å². The van der Waals surface area contributed by atoms with Gasteiger partial charge in [0.1, 0.15) is 0 Å². The number of nitrogens with one attached hydrogen (secondary N) is 1. The van der Waals surface area contributed by atoms with Gasteiger partial charge < -0.3 is 11.1 Å². The van der Waals surface area contributed by atoms with Crippen molar-refractivity contribution in [2.75, 3.05) is 11.1 Å². The third-order valence-corrected chi connectivity index (χ3v) is 3.21. The van der Waals surface area contributed by atoms with E-state index in [4.69, 9.17) is 17.3 Å². The van der Waals surface area contributed by atoms with Crippen LogP contribution in [0.2, 0.25) is 5.02 Å². The predicted molar refractivity (Wildman–Crippen MR) is 78.0 cm³/mol. The summed E-state index contributed by atoms with van der Waals surface area (Å²) in [6.45, 7) is 2.00. The normalized spacial score (nSPS) is 10.3. The average molecular weight is 312 g/mol. The Labute approximate surface area is 114 Å². The standard InChI is InChI=1S/C13H12BrClN2/c1-8-2-4-12(10(15)6-8)17-13-5-3-9(14)7-11(13)16/h2-7,17H,16H2,1H3. The van der Waals surface area contributed by atoms with Crippen LogP contribution in [0.25, 0.3) is 0 Å². The molecule has 2 aromatic rings. The Bertz CT molecular complexity index is 506. The number of anilines is 3. The van der Waals surface area contributed by atoms with E-state index in [1.807, 2.05) is 43.3 Å². The van der Waals surface area contributed by atoms with E-state index in [2.05, 4.69) is 21.2 Å². The second-order valence-electron chi connectivity index (χ2n) is 3.84. The molecule has 0 aromatic heterocycles. The van der Waals surface area contributed by atoms with Crippen LogP contribution < -0.4 is 11.1 Å². The molecule has 88 valence electrons. The van der Waals surface area contributed by atoms with E-state index in [9.17, 15) is 0 Å². The van der Waals surface area contributed by atoms with Crippen molar-refractivity contribution < 1.29 is 0 Å². The summed E-state index contributed by atoms with van der Waals surface area (Å²) in [7, 11) is 0. The highest BCUT2D eigenvalue weighted by molar-refractivity contribution is 9.10. The van der Waals surface area contributed by atoms with Crippen LogP contribution in [0.15, 0.2) is 40.9 Å². The lowest BCUT2D eigenvalue weighted by Gasteiger charge is -2.11. The van der Waals surface area contributed by atoms with Crippen LogP contribution in [0.3, 0.4) is 0 Å². The molecule has 0 saturated carbocycles. The molecule has 0 fully saturated rings. The van der Waals surface area contributed by atoms with Gasteiger partial charge in [0.25, 0.3) is 0 Å². The van der Waals surface area contributed by atoms with Crippen molar-refractivity contribution in [1.29, 1.82) is 0 Å². The number of benzene rings is 2. The van der Waals surface area contributed by atoms with Gasteiger partial charge in [-0.05, 0) is 42.8 Å². The van der Waals surface area contributed by atoms with Gasteiger partial charge in [-0.2, -0.15) is 0 Å². The first-order valence-corrected chi connectivity index (χ1v) is 6.31. The second kappa shape index (κ2) is 4.98. The quantitative estimate of drug-likeness (QED) is 0.786. The molecule has 17 heavy (non-hydrogen) atoms. The molecule has 0 bridgehead atoms. The van der Waals surface area contributed by atoms with Crippen molar-refractivity contribution in [1.82, 2.24) is 0 Å². The Morgan fingerprint density at radius 3 is 2.47 bits per heavy atom. The highest BCUT2D eigenvalue weighted by Gasteiger charge is 2.04. The summed E-state index contributed by atoms with van der Waals surface area (Å²) in [5.74, 6) is 0. The Morgan fingerprint density at radius 2 is 1.82 bits per heavy atom. The lowest BCUT2D eigenvalue weighted by Crippen LogP contribution is -1.96. The van der Waals surface area contributed by atoms with Crippen LogP contribution >= 0.6 is 27.5 Å². The van der Waals surface area contributed by atoms with Crippen LogP contribution in [0.5, 0.6) is 0 Å². The number of halogens is 2. The minimum absolute atomic E-state index is 0.677. The minimum atomic E-state index is 0.677. The summed E-state index contributed by atoms with van der Waals surface area (Å²) < 4.78 is 0.954. The van der Waals surface area contributed by atoms with Crippen molar-refractivity contribution in [2.45, 2.75) is 6.92 Å². The summed E-state index contributed by atoms with van der Waals surface area (Å²) >= 11 is 9.52. The summed E-state index contributed by atoms with van der Waals surface area (Å²) in [5.41, 5.74) is 9.42. The van der Waals surface area contributed by atoms with Gasteiger partial charge in [-0.25, -0.2) is 0 Å². The van der Waals surface area contributed by atoms with E-state index in [1.54, 1.807) is 0 Å². The molecule has 0 spiro atoms. The zero-order chi connectivity index (χ0) is 12.4. The molecule has 0 aliphatic carbocycles. The highest BCUT2D eigenvalue weighted by atomic mass is 79.9. The van der Waals surface area contributed by atoms with E-state index in [1.165, 1.54) is 0 Å². The van der Waals surface area contributed by atoms with Crippen LogP contribution in [-0.2, 0) is 0 Å². The van der Waals surface area contributed by atoms with Gasteiger partial charge in [-0.3, -0.25) is 0 Å². The van der Waals surface area contributed by atoms with Crippen LogP contribution in [-0.4, -0.2) is 0 Å². The molecule has 0 heterocycles. The smallest absolute Gasteiger partial charge is 0.0643 e. The number of aryl methyl sites for hydroxylation is 1. The number of nitrogens with two attached hydrogens (primary N) is 1. The number of hydrogen-bond acceptors (Lipinski definition) is 2. The van der Waals surface area contributed by atoms with Gasteiger partial charge in [0.2, 0.25) is 0 Å². The Hall–Kier alpha value is -1.19. The molecule has 0 amide bonds. The summed E-state index contributed by atoms with van der Waals surface area (Å²) in [4.78, 5) is 0. The third kappa shape index (κ3) is 2.93. The predicted octanol–water partition coefficient (Wildman–Crippen LogP) is 4.74. The SMILES string of the molecule is Cc1ccc(Nc2ccc(Br)cc2N)c(Cl)c1. The fourth-order valence-electron chi connectivity index (χ4n) is 1.51. The lowest BCUT2D eigenvalue weighted by atomic mass is 10.2. The maximum Gasteiger partial charge on any atom is 0.0643 e. The fraction of sp³-hybridized carbons (Fsp3) is 0.0769. The van der Waals surface area contributed by atoms with E-state index in [-0.39, 0.29) is 0 Å². The lowest BCUT2D eigenvalue weighted by molar-refractivity contribution is 1.45. The number of nitrogen functional groups attached to an aromatic ring is 1. The Balaban J connectivity index is 2.31. The van der Waals surface area contributed by atoms with Gasteiger partial charge in [-0.1, -0.05) is 33.6 Å². The molecule has 2 nitrogen and oxygen atoms in total. The maximum absolute atomic E-state index is 6.15. The monoisotopic (exact) mass is 310 g/mol. The molecular weight excluding hydrogens is 300 g/mol. The Kier molecular flexibility index (Phi) is 3.60. The summed E-state index contributed by atoms with van der Waals surface area (Å²) in [6, 6.07) is 11.6. The zero-order valence-electron chi connectivity index (χ0n) is 9.30. The van der Waals surface area contributed by atoms with Gasteiger partial charge in [0.15, 0.2) is 0 Å². The molecule has 0 aliphatic heterocycles. The van der Waals surface area contributed by atoms with E-state index in [0.717, 1.165) is 21.4 Å². The Morgan fingerprint density at radius 1 is 1.12 bits per heavy atom. The van der Waals surface area contributed by atoms with Crippen LogP contribution in [0, 0.1) is 6.92 Å². The maximum atomic E-state index is 6.15. The molecule has 2 aromatic carbocycles. The van der Waals surface area contributed by atoms with Crippen molar-refractivity contribution in [3.05, 3.63) is 51.5 Å². The second-order valence-corrected chi connectivity index (χ2v) is 5.16. The minimum Gasteiger partial charge on any atom is -0.397 e. The van der Waals surface area contributed by atoms with Crippen LogP contribution in [0.1, 0.15) is 5.56 Å². The molecule has 3 N–H and O–H groups in total. The number of rotatable bonds is 2. The molecule has 2 rings (SSSR count). The molecule has 0 radical (unpaired) electrons. The molecule has 0 atom stereocenters. The van der Waals surface area contributed by atoms with Crippen molar-refractivity contribution >= 4 is 44.6 Å². The van der Waals surface area contributed by atoms with E-state index < -0.39 is 0 Å². The van der Waals surface area contributed by atoms with Gasteiger partial charge in [0.05, 0.1) is 22.1 Å². The number of hydrogen-bond donors (Lipinski definition) is 2.